The Balaban J connectivity index is 2.66. The standard InChI is InChI=1S/C11H9N3O2/c12-11(16)14-13-10-8-4-2-1-3-7(8)5-6-9(10)15/h1-6,15H,(H2,12,16). The predicted octanol–water partition coefficient (Wildman–Crippen LogP) is 2.71. The van der Waals surface area contributed by atoms with Crippen molar-refractivity contribution in [1.29, 1.82) is 0 Å². The number of benzene rings is 2. The minimum absolute atomic E-state index is 0.0382. The molecule has 2 aromatic carbocycles. The highest BCUT2D eigenvalue weighted by Gasteiger charge is 2.05. The summed E-state index contributed by atoms with van der Waals surface area (Å²) < 4.78 is 0. The van der Waals surface area contributed by atoms with Crippen molar-refractivity contribution in [2.75, 3.05) is 0 Å². The summed E-state index contributed by atoms with van der Waals surface area (Å²) in [5.41, 5.74) is 5.10. The summed E-state index contributed by atoms with van der Waals surface area (Å²) in [6.45, 7) is 0. The lowest BCUT2D eigenvalue weighted by atomic mass is 10.1. The quantitative estimate of drug-likeness (QED) is 0.716. The van der Waals surface area contributed by atoms with Gasteiger partial charge in [-0.15, -0.1) is 5.11 Å². The second-order valence-electron chi connectivity index (χ2n) is 3.19. The first-order valence-electron chi connectivity index (χ1n) is 4.60. The molecule has 2 rings (SSSR count). The summed E-state index contributed by atoms with van der Waals surface area (Å²) >= 11 is 0. The van der Waals surface area contributed by atoms with Gasteiger partial charge in [0.25, 0.3) is 0 Å². The van der Waals surface area contributed by atoms with Crippen LogP contribution in [0, 0.1) is 0 Å². The van der Waals surface area contributed by atoms with Gasteiger partial charge in [0, 0.05) is 5.39 Å². The molecule has 0 radical (unpaired) electrons. The van der Waals surface area contributed by atoms with Gasteiger partial charge in [0.2, 0.25) is 0 Å². The van der Waals surface area contributed by atoms with E-state index in [0.29, 0.717) is 5.39 Å². The van der Waals surface area contributed by atoms with Crippen molar-refractivity contribution in [3.8, 4) is 5.75 Å². The highest BCUT2D eigenvalue weighted by Crippen LogP contribution is 2.34. The number of fused-ring (bicyclic) bond motifs is 1. The van der Waals surface area contributed by atoms with Gasteiger partial charge in [0.1, 0.15) is 11.4 Å². The number of carbonyl (C=O) groups excluding carboxylic acids is 1. The number of phenols is 1. The molecule has 80 valence electrons. The molecule has 0 saturated heterocycles. The molecule has 16 heavy (non-hydrogen) atoms. The Hall–Kier alpha value is -2.43. The molecule has 0 aromatic heterocycles. The van der Waals surface area contributed by atoms with Crippen LogP contribution in [0.3, 0.4) is 0 Å². The zero-order valence-electron chi connectivity index (χ0n) is 8.29. The molecule has 2 aromatic rings. The predicted molar refractivity (Wildman–Crippen MR) is 59.7 cm³/mol. The molecule has 5 heteroatoms. The van der Waals surface area contributed by atoms with Crippen molar-refractivity contribution in [2.24, 2.45) is 16.0 Å². The number of carbonyl (C=O) groups is 1. The van der Waals surface area contributed by atoms with Gasteiger partial charge in [-0.2, -0.15) is 0 Å². The van der Waals surface area contributed by atoms with Gasteiger partial charge in [0.05, 0.1) is 0 Å². The summed E-state index contributed by atoms with van der Waals surface area (Å²) in [7, 11) is 0. The number of primary amides is 1. The molecular formula is C11H9N3O2. The number of urea groups is 1. The minimum Gasteiger partial charge on any atom is -0.506 e. The number of hydrogen-bond donors (Lipinski definition) is 2. The Morgan fingerprint density at radius 3 is 2.69 bits per heavy atom. The normalized spacial score (nSPS) is 11.0. The molecule has 0 aliphatic rings. The topological polar surface area (TPSA) is 88.0 Å². The SMILES string of the molecule is NC(=O)N=Nc1c(O)ccc2ccccc12. The minimum atomic E-state index is -0.896. The maximum absolute atomic E-state index is 10.5. The number of hydrogen-bond acceptors (Lipinski definition) is 3. The van der Waals surface area contributed by atoms with Crippen molar-refractivity contribution in [3.63, 3.8) is 0 Å². The second kappa shape index (κ2) is 3.98. The maximum Gasteiger partial charge on any atom is 0.356 e. The van der Waals surface area contributed by atoms with E-state index in [9.17, 15) is 9.90 Å². The van der Waals surface area contributed by atoms with Gasteiger partial charge >= 0.3 is 6.03 Å². The number of phenolic OH excluding ortho intramolecular Hbond substituents is 1. The van der Waals surface area contributed by atoms with E-state index in [4.69, 9.17) is 5.73 Å². The molecule has 3 N–H and O–H groups in total. The van der Waals surface area contributed by atoms with Crippen LogP contribution in [0.1, 0.15) is 0 Å². The number of amides is 2. The van der Waals surface area contributed by atoms with E-state index in [0.717, 1.165) is 5.39 Å². The summed E-state index contributed by atoms with van der Waals surface area (Å²) in [5, 5.41) is 18.1. The Labute approximate surface area is 91.2 Å². The lowest BCUT2D eigenvalue weighted by Crippen LogP contribution is -2.01. The van der Waals surface area contributed by atoms with Crippen molar-refractivity contribution in [2.45, 2.75) is 0 Å². The van der Waals surface area contributed by atoms with E-state index in [-0.39, 0.29) is 11.4 Å². The third kappa shape index (κ3) is 1.83. The third-order valence-electron chi connectivity index (χ3n) is 2.13. The van der Waals surface area contributed by atoms with E-state index in [2.05, 4.69) is 10.2 Å². The lowest BCUT2D eigenvalue weighted by Gasteiger charge is -2.02. The molecule has 0 bridgehead atoms. The largest absolute Gasteiger partial charge is 0.506 e. The van der Waals surface area contributed by atoms with Gasteiger partial charge in [-0.25, -0.2) is 4.79 Å². The summed E-state index contributed by atoms with van der Waals surface area (Å²) in [6.07, 6.45) is 0. The molecule has 0 aliphatic carbocycles. The molecule has 0 fully saturated rings. The number of rotatable bonds is 1. The van der Waals surface area contributed by atoms with E-state index in [1.165, 1.54) is 6.07 Å². The lowest BCUT2D eigenvalue weighted by molar-refractivity contribution is 0.255. The molecule has 0 atom stereocenters. The van der Waals surface area contributed by atoms with E-state index < -0.39 is 6.03 Å². The zero-order chi connectivity index (χ0) is 11.5. The smallest absolute Gasteiger partial charge is 0.356 e. The molecule has 0 heterocycles. The van der Waals surface area contributed by atoms with Crippen molar-refractivity contribution in [1.82, 2.24) is 0 Å². The third-order valence-corrected chi connectivity index (χ3v) is 2.13. The zero-order valence-corrected chi connectivity index (χ0v) is 8.29. The molecule has 0 unspecified atom stereocenters. The fourth-order valence-corrected chi connectivity index (χ4v) is 1.45. The van der Waals surface area contributed by atoms with Crippen LogP contribution in [0.4, 0.5) is 10.5 Å². The number of aromatic hydroxyl groups is 1. The first-order valence-corrected chi connectivity index (χ1v) is 4.60. The Morgan fingerprint density at radius 1 is 1.19 bits per heavy atom. The van der Waals surface area contributed by atoms with Crippen molar-refractivity contribution in [3.05, 3.63) is 36.4 Å². The van der Waals surface area contributed by atoms with Crippen LogP contribution >= 0.6 is 0 Å². The van der Waals surface area contributed by atoms with Gasteiger partial charge in [-0.1, -0.05) is 35.4 Å². The van der Waals surface area contributed by atoms with Crippen LogP contribution in [0.2, 0.25) is 0 Å². The van der Waals surface area contributed by atoms with Gasteiger partial charge in [-0.3, -0.25) is 0 Å². The monoisotopic (exact) mass is 215 g/mol. The Bertz CT molecular complexity index is 578. The Kier molecular flexibility index (Phi) is 2.51. The molecular weight excluding hydrogens is 206 g/mol. The van der Waals surface area contributed by atoms with E-state index in [1.54, 1.807) is 12.1 Å². The molecule has 0 aliphatic heterocycles. The van der Waals surface area contributed by atoms with Crippen LogP contribution < -0.4 is 5.73 Å². The summed E-state index contributed by atoms with van der Waals surface area (Å²) in [4.78, 5) is 10.5. The molecule has 5 nitrogen and oxygen atoms in total. The highest BCUT2D eigenvalue weighted by molar-refractivity contribution is 5.95. The van der Waals surface area contributed by atoms with Crippen molar-refractivity contribution < 1.29 is 9.90 Å². The average molecular weight is 215 g/mol. The van der Waals surface area contributed by atoms with Crippen molar-refractivity contribution >= 4 is 22.5 Å². The van der Waals surface area contributed by atoms with Gasteiger partial charge in [-0.05, 0) is 11.5 Å². The molecule has 0 saturated carbocycles. The number of azo groups is 1. The average Bonchev–Trinajstić information content (AvgIpc) is 2.27. The number of nitrogens with zero attached hydrogens (tertiary/aromatic N) is 2. The highest BCUT2D eigenvalue weighted by atomic mass is 16.3. The summed E-state index contributed by atoms with van der Waals surface area (Å²) in [5.74, 6) is -0.0382. The molecule has 0 spiro atoms. The van der Waals surface area contributed by atoms with Gasteiger partial charge in [0.15, 0.2) is 0 Å². The Morgan fingerprint density at radius 2 is 1.94 bits per heavy atom. The number of nitrogens with two attached hydrogens (primary N) is 1. The van der Waals surface area contributed by atoms with Crippen LogP contribution in [0.5, 0.6) is 5.75 Å². The first-order chi connectivity index (χ1) is 7.68. The first kappa shape index (κ1) is 10.1. The van der Waals surface area contributed by atoms with Crippen LogP contribution in [-0.4, -0.2) is 11.1 Å². The second-order valence-corrected chi connectivity index (χ2v) is 3.19. The van der Waals surface area contributed by atoms with Gasteiger partial charge < -0.3 is 10.8 Å². The van der Waals surface area contributed by atoms with Crippen LogP contribution in [0.25, 0.3) is 10.8 Å². The fraction of sp³-hybridized carbons (Fsp3) is 0. The van der Waals surface area contributed by atoms with E-state index >= 15 is 0 Å². The molecule has 2 amide bonds. The van der Waals surface area contributed by atoms with Crippen LogP contribution in [0.15, 0.2) is 46.6 Å². The summed E-state index contributed by atoms with van der Waals surface area (Å²) in [6, 6.07) is 9.69. The van der Waals surface area contributed by atoms with E-state index in [1.807, 2.05) is 18.2 Å². The fourth-order valence-electron chi connectivity index (χ4n) is 1.45. The van der Waals surface area contributed by atoms with Crippen LogP contribution in [-0.2, 0) is 0 Å². The maximum atomic E-state index is 10.5.